The number of hydrogen-bond donors (Lipinski definition) is 0. The molecule has 0 saturated carbocycles. The van der Waals surface area contributed by atoms with Gasteiger partial charge >= 0.3 is 0 Å². The Balaban J connectivity index is 1.69. The molecule has 4 heteroatoms. The molecule has 0 aliphatic heterocycles. The van der Waals surface area contributed by atoms with Gasteiger partial charge in [0.05, 0.1) is 5.69 Å². The van der Waals surface area contributed by atoms with Crippen LogP contribution in [0.3, 0.4) is 0 Å². The molecule has 4 nitrogen and oxygen atoms in total. The van der Waals surface area contributed by atoms with Crippen LogP contribution >= 0.6 is 0 Å². The summed E-state index contributed by atoms with van der Waals surface area (Å²) >= 11 is 0. The van der Waals surface area contributed by atoms with Gasteiger partial charge in [0.2, 0.25) is 0 Å². The minimum atomic E-state index is 0.141. The molecule has 112 valence electrons. The number of hydrogen-bond acceptors (Lipinski definition) is 3. The van der Waals surface area contributed by atoms with Crippen LogP contribution in [0.2, 0.25) is 0 Å². The molecule has 0 atom stereocenters. The van der Waals surface area contributed by atoms with Gasteiger partial charge in [-0.3, -0.25) is 4.79 Å². The van der Waals surface area contributed by atoms with Crippen LogP contribution in [0.5, 0.6) is 5.75 Å². The van der Waals surface area contributed by atoms with Crippen LogP contribution in [0.1, 0.15) is 35.0 Å². The smallest absolute Gasteiger partial charge is 0.162 e. The monoisotopic (exact) mass is 294 g/mol. The standard InChI is InChI=1S/C18H18N2O2/c1-3-17(21)14-5-7-16(8-6-14)22-12-15-11-20-10-13(2)4-9-18(20)19-15/h4-11H,3,12H2,1-2H3. The Labute approximate surface area is 129 Å². The molecular weight excluding hydrogens is 276 g/mol. The third-order valence-corrected chi connectivity index (χ3v) is 3.53. The zero-order valence-electron chi connectivity index (χ0n) is 12.7. The second-order valence-electron chi connectivity index (χ2n) is 5.29. The van der Waals surface area contributed by atoms with E-state index in [2.05, 4.69) is 11.9 Å². The number of pyridine rings is 1. The Kier molecular flexibility index (Phi) is 3.92. The summed E-state index contributed by atoms with van der Waals surface area (Å²) in [6.45, 7) is 4.31. The Morgan fingerprint density at radius 3 is 2.64 bits per heavy atom. The fourth-order valence-corrected chi connectivity index (χ4v) is 2.32. The van der Waals surface area contributed by atoms with E-state index in [9.17, 15) is 4.79 Å². The molecule has 0 spiro atoms. The number of ether oxygens (including phenoxy) is 1. The quantitative estimate of drug-likeness (QED) is 0.672. The lowest BCUT2D eigenvalue weighted by Gasteiger charge is -2.04. The molecule has 0 unspecified atom stereocenters. The Morgan fingerprint density at radius 1 is 1.14 bits per heavy atom. The first kappa shape index (κ1) is 14.3. The number of benzene rings is 1. The summed E-state index contributed by atoms with van der Waals surface area (Å²) in [6.07, 6.45) is 4.52. The average molecular weight is 294 g/mol. The topological polar surface area (TPSA) is 43.6 Å². The van der Waals surface area contributed by atoms with E-state index in [1.807, 2.05) is 48.0 Å². The van der Waals surface area contributed by atoms with E-state index in [4.69, 9.17) is 4.74 Å². The number of carbonyl (C=O) groups is 1. The molecule has 2 aromatic heterocycles. The van der Waals surface area contributed by atoms with E-state index in [0.717, 1.165) is 22.7 Å². The molecule has 22 heavy (non-hydrogen) atoms. The predicted octanol–water partition coefficient (Wildman–Crippen LogP) is 3.81. The summed E-state index contributed by atoms with van der Waals surface area (Å²) in [6, 6.07) is 11.3. The summed E-state index contributed by atoms with van der Waals surface area (Å²) in [5.41, 5.74) is 3.69. The van der Waals surface area contributed by atoms with Crippen molar-refractivity contribution in [2.45, 2.75) is 26.9 Å². The highest BCUT2D eigenvalue weighted by Gasteiger charge is 2.05. The molecule has 3 rings (SSSR count). The van der Waals surface area contributed by atoms with Crippen LogP contribution < -0.4 is 4.74 Å². The van der Waals surface area contributed by atoms with E-state index < -0.39 is 0 Å². The largest absolute Gasteiger partial charge is 0.487 e. The van der Waals surface area contributed by atoms with Gasteiger partial charge in [0.15, 0.2) is 5.78 Å². The SMILES string of the molecule is CCC(=O)c1ccc(OCc2cn3cc(C)ccc3n2)cc1. The molecule has 0 aliphatic carbocycles. The first-order chi connectivity index (χ1) is 10.7. The number of fused-ring (bicyclic) bond motifs is 1. The first-order valence-electron chi connectivity index (χ1n) is 7.36. The van der Waals surface area contributed by atoms with Crippen molar-refractivity contribution in [3.8, 4) is 5.75 Å². The van der Waals surface area contributed by atoms with Crippen LogP contribution in [-0.4, -0.2) is 15.2 Å². The second kappa shape index (κ2) is 6.02. The zero-order valence-corrected chi connectivity index (χ0v) is 12.7. The van der Waals surface area contributed by atoms with Crippen molar-refractivity contribution >= 4 is 11.4 Å². The third-order valence-electron chi connectivity index (χ3n) is 3.53. The third kappa shape index (κ3) is 3.01. The van der Waals surface area contributed by atoms with Crippen LogP contribution in [0, 0.1) is 6.92 Å². The molecular formula is C18H18N2O2. The number of ketones is 1. The fraction of sp³-hybridized carbons (Fsp3) is 0.222. The number of aromatic nitrogens is 2. The molecule has 2 heterocycles. The van der Waals surface area contributed by atoms with Gasteiger partial charge in [-0.25, -0.2) is 4.98 Å². The van der Waals surface area contributed by atoms with Crippen LogP contribution in [0.15, 0.2) is 48.8 Å². The number of aryl methyl sites for hydroxylation is 1. The highest BCUT2D eigenvalue weighted by atomic mass is 16.5. The number of imidazole rings is 1. The van der Waals surface area contributed by atoms with Gasteiger partial charge < -0.3 is 9.14 Å². The molecule has 0 fully saturated rings. The van der Waals surface area contributed by atoms with E-state index in [1.54, 1.807) is 12.1 Å². The molecule has 1 aromatic carbocycles. The van der Waals surface area contributed by atoms with Crippen LogP contribution in [0.4, 0.5) is 0 Å². The van der Waals surface area contributed by atoms with Crippen molar-refractivity contribution < 1.29 is 9.53 Å². The van der Waals surface area contributed by atoms with E-state index in [0.29, 0.717) is 13.0 Å². The minimum absolute atomic E-state index is 0.141. The summed E-state index contributed by atoms with van der Waals surface area (Å²) in [4.78, 5) is 16.1. The fourth-order valence-electron chi connectivity index (χ4n) is 2.32. The molecule has 0 bridgehead atoms. The van der Waals surface area contributed by atoms with E-state index >= 15 is 0 Å². The van der Waals surface area contributed by atoms with E-state index in [1.165, 1.54) is 5.56 Å². The number of rotatable bonds is 5. The lowest BCUT2D eigenvalue weighted by molar-refractivity contribution is 0.0988. The van der Waals surface area contributed by atoms with Gasteiger partial charge in [0.1, 0.15) is 18.0 Å². The van der Waals surface area contributed by atoms with Gasteiger partial charge in [-0.2, -0.15) is 0 Å². The lowest BCUT2D eigenvalue weighted by atomic mass is 10.1. The van der Waals surface area contributed by atoms with Crippen molar-refractivity contribution in [3.05, 3.63) is 65.6 Å². The van der Waals surface area contributed by atoms with Crippen molar-refractivity contribution in [2.75, 3.05) is 0 Å². The van der Waals surface area contributed by atoms with Gasteiger partial charge in [0, 0.05) is 24.4 Å². The molecule has 0 aliphatic rings. The maximum atomic E-state index is 11.6. The Hall–Kier alpha value is -2.62. The average Bonchev–Trinajstić information content (AvgIpc) is 2.94. The second-order valence-corrected chi connectivity index (χ2v) is 5.29. The zero-order chi connectivity index (χ0) is 15.5. The van der Waals surface area contributed by atoms with Gasteiger partial charge in [-0.05, 0) is 42.8 Å². The lowest BCUT2D eigenvalue weighted by Crippen LogP contribution is -1.98. The number of carbonyl (C=O) groups excluding carboxylic acids is 1. The molecule has 0 saturated heterocycles. The molecule has 0 N–H and O–H groups in total. The summed E-state index contributed by atoms with van der Waals surface area (Å²) < 4.78 is 7.73. The highest BCUT2D eigenvalue weighted by molar-refractivity contribution is 5.95. The molecule has 0 radical (unpaired) electrons. The normalized spacial score (nSPS) is 10.8. The first-order valence-corrected chi connectivity index (χ1v) is 7.36. The predicted molar refractivity (Wildman–Crippen MR) is 85.3 cm³/mol. The summed E-state index contributed by atoms with van der Waals surface area (Å²) in [7, 11) is 0. The minimum Gasteiger partial charge on any atom is -0.487 e. The van der Waals surface area contributed by atoms with Crippen LogP contribution in [0.25, 0.3) is 5.65 Å². The summed E-state index contributed by atoms with van der Waals surface area (Å²) in [5, 5.41) is 0. The van der Waals surface area contributed by atoms with Gasteiger partial charge in [-0.15, -0.1) is 0 Å². The van der Waals surface area contributed by atoms with Crippen LogP contribution in [-0.2, 0) is 6.61 Å². The maximum absolute atomic E-state index is 11.6. The van der Waals surface area contributed by atoms with Crippen molar-refractivity contribution in [1.29, 1.82) is 0 Å². The number of nitrogens with zero attached hydrogens (tertiary/aromatic N) is 2. The Morgan fingerprint density at radius 2 is 1.91 bits per heavy atom. The molecule has 3 aromatic rings. The van der Waals surface area contributed by atoms with E-state index in [-0.39, 0.29) is 5.78 Å². The Bertz CT molecular complexity index is 804. The maximum Gasteiger partial charge on any atom is 0.162 e. The van der Waals surface area contributed by atoms with Crippen molar-refractivity contribution in [2.24, 2.45) is 0 Å². The molecule has 0 amide bonds. The number of Topliss-reactive ketones (excluding diaryl/α,β-unsaturated/α-hetero) is 1. The van der Waals surface area contributed by atoms with Gasteiger partial charge in [-0.1, -0.05) is 13.0 Å². The van der Waals surface area contributed by atoms with Crippen molar-refractivity contribution in [3.63, 3.8) is 0 Å². The highest BCUT2D eigenvalue weighted by Crippen LogP contribution is 2.15. The summed E-state index contributed by atoms with van der Waals surface area (Å²) in [5.74, 6) is 0.878. The van der Waals surface area contributed by atoms with Gasteiger partial charge in [0.25, 0.3) is 0 Å². The van der Waals surface area contributed by atoms with Crippen molar-refractivity contribution in [1.82, 2.24) is 9.38 Å².